The van der Waals surface area contributed by atoms with E-state index in [9.17, 15) is 4.79 Å². The van der Waals surface area contributed by atoms with Crippen molar-refractivity contribution in [3.8, 4) is 0 Å². The third kappa shape index (κ3) is 0.900. The van der Waals surface area contributed by atoms with Crippen LogP contribution in [0.5, 0.6) is 0 Å². The third-order valence-electron chi connectivity index (χ3n) is 3.61. The highest BCUT2D eigenvalue weighted by Crippen LogP contribution is 2.57. The maximum Gasteiger partial charge on any atom is 0.306 e. The van der Waals surface area contributed by atoms with Crippen molar-refractivity contribution < 1.29 is 9.53 Å². The Morgan fingerprint density at radius 1 is 1.42 bits per heavy atom. The van der Waals surface area contributed by atoms with Gasteiger partial charge >= 0.3 is 5.97 Å². The maximum atomic E-state index is 11.3. The number of rotatable bonds is 0. The van der Waals surface area contributed by atoms with E-state index in [2.05, 4.69) is 6.92 Å². The molecular formula is C10H16O2. The second kappa shape index (κ2) is 2.04. The summed E-state index contributed by atoms with van der Waals surface area (Å²) in [5.74, 6) is 0.571. The van der Waals surface area contributed by atoms with Gasteiger partial charge < -0.3 is 4.74 Å². The van der Waals surface area contributed by atoms with Crippen LogP contribution in [-0.4, -0.2) is 11.6 Å². The minimum atomic E-state index is -0.220. The van der Waals surface area contributed by atoms with E-state index in [1.54, 1.807) is 0 Å². The monoisotopic (exact) mass is 168 g/mol. The molecule has 2 atom stereocenters. The molecule has 1 saturated carbocycles. The van der Waals surface area contributed by atoms with Crippen LogP contribution in [0.2, 0.25) is 0 Å². The predicted octanol–water partition coefficient (Wildman–Crippen LogP) is 2.13. The topological polar surface area (TPSA) is 26.3 Å². The second-order valence-electron chi connectivity index (χ2n) is 5.00. The Hall–Kier alpha value is -0.530. The van der Waals surface area contributed by atoms with Gasteiger partial charge in [0, 0.05) is 5.92 Å². The van der Waals surface area contributed by atoms with Crippen molar-refractivity contribution in [2.75, 3.05) is 0 Å². The van der Waals surface area contributed by atoms with E-state index in [1.807, 2.05) is 13.8 Å². The number of carbonyl (C=O) groups excluding carboxylic acids is 1. The summed E-state index contributed by atoms with van der Waals surface area (Å²) in [5.41, 5.74) is 0.0289. The Balaban J connectivity index is 2.26. The molecule has 2 nitrogen and oxygen atoms in total. The lowest BCUT2D eigenvalue weighted by Gasteiger charge is -2.56. The first-order valence-corrected chi connectivity index (χ1v) is 4.66. The third-order valence-corrected chi connectivity index (χ3v) is 3.61. The van der Waals surface area contributed by atoms with E-state index < -0.39 is 0 Å². The molecule has 1 aliphatic heterocycles. The standard InChI is InChI=1S/C10H16O2/c1-9(2)7-4-5-10(7,3)6-8(11)12-9/h7H,4-6H2,1-3H3/t7-,10+/m0/s1. The van der Waals surface area contributed by atoms with Gasteiger partial charge in [0.05, 0.1) is 6.42 Å². The van der Waals surface area contributed by atoms with Crippen LogP contribution in [-0.2, 0) is 9.53 Å². The fraction of sp³-hybridized carbons (Fsp3) is 0.900. The molecule has 0 spiro atoms. The van der Waals surface area contributed by atoms with Gasteiger partial charge in [-0.25, -0.2) is 0 Å². The molecule has 0 aromatic heterocycles. The van der Waals surface area contributed by atoms with Crippen molar-refractivity contribution in [1.82, 2.24) is 0 Å². The molecule has 1 saturated heterocycles. The lowest BCUT2D eigenvalue weighted by atomic mass is 9.53. The fourth-order valence-corrected chi connectivity index (χ4v) is 2.91. The van der Waals surface area contributed by atoms with Gasteiger partial charge in [0.1, 0.15) is 5.60 Å². The lowest BCUT2D eigenvalue weighted by molar-refractivity contribution is -0.206. The number of hydrogen-bond donors (Lipinski definition) is 0. The molecular weight excluding hydrogens is 152 g/mol. The molecule has 0 N–H and O–H groups in total. The first kappa shape index (κ1) is 8.09. The largest absolute Gasteiger partial charge is 0.459 e. The summed E-state index contributed by atoms with van der Waals surface area (Å²) in [6.45, 7) is 6.28. The van der Waals surface area contributed by atoms with Crippen molar-refractivity contribution in [2.45, 2.75) is 45.6 Å². The van der Waals surface area contributed by atoms with E-state index >= 15 is 0 Å². The number of esters is 1. The number of fused-ring (bicyclic) bond motifs is 1. The average molecular weight is 168 g/mol. The molecule has 2 rings (SSSR count). The fourth-order valence-electron chi connectivity index (χ4n) is 2.91. The van der Waals surface area contributed by atoms with Crippen LogP contribution in [0.25, 0.3) is 0 Å². The summed E-state index contributed by atoms with van der Waals surface area (Å²) >= 11 is 0. The summed E-state index contributed by atoms with van der Waals surface area (Å²) in [6.07, 6.45) is 3.04. The molecule has 2 heteroatoms. The quantitative estimate of drug-likeness (QED) is 0.518. The van der Waals surface area contributed by atoms with Crippen molar-refractivity contribution in [3.63, 3.8) is 0 Å². The normalized spacial score (nSPS) is 44.2. The van der Waals surface area contributed by atoms with Gasteiger partial charge in [0.25, 0.3) is 0 Å². The molecule has 12 heavy (non-hydrogen) atoms. The average Bonchev–Trinajstić information content (AvgIpc) is 1.79. The first-order valence-electron chi connectivity index (χ1n) is 4.66. The van der Waals surface area contributed by atoms with Crippen molar-refractivity contribution in [2.24, 2.45) is 11.3 Å². The van der Waals surface area contributed by atoms with Crippen molar-refractivity contribution in [3.05, 3.63) is 0 Å². The molecule has 0 amide bonds. The summed E-state index contributed by atoms with van der Waals surface area (Å²) in [4.78, 5) is 11.3. The van der Waals surface area contributed by atoms with Crippen LogP contribution in [0.4, 0.5) is 0 Å². The van der Waals surface area contributed by atoms with Crippen LogP contribution < -0.4 is 0 Å². The van der Waals surface area contributed by atoms with Gasteiger partial charge in [-0.15, -0.1) is 0 Å². The SMILES string of the molecule is CC1(C)OC(=O)C[C@@]2(C)CC[C@@H]12. The zero-order valence-electron chi connectivity index (χ0n) is 8.02. The van der Waals surface area contributed by atoms with Crippen LogP contribution in [0.3, 0.4) is 0 Å². The second-order valence-corrected chi connectivity index (χ2v) is 5.00. The Labute approximate surface area is 73.3 Å². The van der Waals surface area contributed by atoms with Crippen LogP contribution in [0, 0.1) is 11.3 Å². The molecule has 0 unspecified atom stereocenters. The Kier molecular flexibility index (Phi) is 1.37. The van der Waals surface area contributed by atoms with E-state index in [4.69, 9.17) is 4.74 Å². The first-order chi connectivity index (χ1) is 5.44. The molecule has 68 valence electrons. The molecule has 0 aromatic carbocycles. The molecule has 2 aliphatic rings. The smallest absolute Gasteiger partial charge is 0.306 e. The zero-order chi connectivity index (χ0) is 8.98. The predicted molar refractivity (Wildman–Crippen MR) is 45.6 cm³/mol. The van der Waals surface area contributed by atoms with E-state index in [0.29, 0.717) is 12.3 Å². The molecule has 1 aliphatic carbocycles. The minimum absolute atomic E-state index is 0.0153. The summed E-state index contributed by atoms with van der Waals surface area (Å²) in [7, 11) is 0. The maximum absolute atomic E-state index is 11.3. The van der Waals surface area contributed by atoms with Gasteiger partial charge in [0.15, 0.2) is 0 Å². The van der Waals surface area contributed by atoms with Crippen LogP contribution >= 0.6 is 0 Å². The minimum Gasteiger partial charge on any atom is -0.459 e. The highest BCUT2D eigenvalue weighted by Gasteiger charge is 2.56. The van der Waals surface area contributed by atoms with Crippen molar-refractivity contribution in [1.29, 1.82) is 0 Å². The Bertz CT molecular complexity index is 216. The van der Waals surface area contributed by atoms with E-state index in [-0.39, 0.29) is 17.0 Å². The van der Waals surface area contributed by atoms with Gasteiger partial charge in [-0.3, -0.25) is 4.79 Å². The summed E-state index contributed by atoms with van der Waals surface area (Å²) in [5, 5.41) is 0. The Morgan fingerprint density at radius 3 is 2.50 bits per heavy atom. The van der Waals surface area contributed by atoms with Crippen LogP contribution in [0.15, 0.2) is 0 Å². The van der Waals surface area contributed by atoms with E-state index in [0.717, 1.165) is 0 Å². The number of cyclic esters (lactones) is 1. The molecule has 0 radical (unpaired) electrons. The summed E-state index contributed by atoms with van der Waals surface area (Å²) in [6, 6.07) is 0. The number of ether oxygens (including phenoxy) is 1. The van der Waals surface area contributed by atoms with Gasteiger partial charge in [-0.05, 0) is 32.1 Å². The van der Waals surface area contributed by atoms with E-state index in [1.165, 1.54) is 12.8 Å². The number of hydrogen-bond acceptors (Lipinski definition) is 2. The highest BCUT2D eigenvalue weighted by atomic mass is 16.6. The molecule has 0 bridgehead atoms. The summed E-state index contributed by atoms with van der Waals surface area (Å²) < 4.78 is 5.33. The van der Waals surface area contributed by atoms with Crippen LogP contribution in [0.1, 0.15) is 40.0 Å². The highest BCUT2D eigenvalue weighted by molar-refractivity contribution is 5.72. The molecule has 0 aromatic rings. The molecule has 1 heterocycles. The van der Waals surface area contributed by atoms with Gasteiger partial charge in [-0.2, -0.15) is 0 Å². The molecule has 2 fully saturated rings. The van der Waals surface area contributed by atoms with Gasteiger partial charge in [0.2, 0.25) is 0 Å². The lowest BCUT2D eigenvalue weighted by Crippen LogP contribution is -2.57. The van der Waals surface area contributed by atoms with Gasteiger partial charge in [-0.1, -0.05) is 6.92 Å². The number of carbonyl (C=O) groups is 1. The zero-order valence-corrected chi connectivity index (χ0v) is 8.02. The van der Waals surface area contributed by atoms with Crippen molar-refractivity contribution >= 4 is 5.97 Å². The Morgan fingerprint density at radius 2 is 2.08 bits per heavy atom.